The molecule has 4 bridgehead atoms. The number of anilines is 6. The molecule has 3 fully saturated rings. The molecule has 3 saturated heterocycles. The van der Waals surface area contributed by atoms with Gasteiger partial charge in [0, 0.05) is 58.3 Å². The number of pyridine rings is 2. The van der Waals surface area contributed by atoms with E-state index in [1.807, 2.05) is 45.9 Å². The van der Waals surface area contributed by atoms with E-state index >= 15 is 0 Å². The summed E-state index contributed by atoms with van der Waals surface area (Å²) in [7, 11) is -0.448. The Hall–Kier alpha value is -6.71. The minimum atomic E-state index is -0.448. The van der Waals surface area contributed by atoms with Crippen molar-refractivity contribution >= 4 is 71.1 Å². The minimum Gasteiger partial charge on any atom is -0.450 e. The van der Waals surface area contributed by atoms with E-state index in [1.165, 1.54) is 23.2 Å². The lowest BCUT2D eigenvalue weighted by Gasteiger charge is -2.35. The standard InChI is InChI=1S/C18H17N7O2.C14H13ClN6O.C10H16BNO3/c1-11-21-8-15(27-11)13-2-3-14-17(22-13)25(12-4-7-24(14)10-12)18(26)23-16-9-19-5-6-20-16;15-11-2-1-10-13(18-9-3-6-20(10)8-9)21(11)14(22)19-12-7-16-4-5-17-12;1-7-12-6-8(13-7)11-14-9(2,3)10(4,5)15-11/h2-3,5-6,8-9,12H,4,7,10H2,1H3,(H,20,23,26);1-2,4-5,7,9H,3,6,8H2,(H,17,19,22);6H,1-5H3/p+1/t12-;9-;/m00./s1. The molecule has 2 atom stereocenters. The van der Waals surface area contributed by atoms with Crippen LogP contribution in [-0.4, -0.2) is 104 Å². The highest BCUT2D eigenvalue weighted by Crippen LogP contribution is 2.41. The molecular weight excluding hydrogens is 843 g/mol. The molecule has 0 unspecified atom stereocenters. The predicted octanol–water partition coefficient (Wildman–Crippen LogP) is 5.25. The third kappa shape index (κ3) is 8.52. The first-order valence-corrected chi connectivity index (χ1v) is 21.3. The average molecular weight is 890 g/mol. The molecule has 0 saturated carbocycles. The largest absolute Gasteiger partial charge is 0.534 e. The molecule has 6 aromatic heterocycles. The van der Waals surface area contributed by atoms with Crippen molar-refractivity contribution in [1.29, 1.82) is 0 Å². The van der Waals surface area contributed by atoms with E-state index in [0.29, 0.717) is 57.5 Å². The Morgan fingerprint density at radius 2 is 1.45 bits per heavy atom. The number of carbonyl (C=O) groups is 2. The lowest BCUT2D eigenvalue weighted by Crippen LogP contribution is -2.52. The number of rotatable bonds is 4. The summed E-state index contributed by atoms with van der Waals surface area (Å²) in [4.78, 5) is 60.8. The van der Waals surface area contributed by atoms with Crippen molar-refractivity contribution in [3.8, 4) is 11.5 Å². The second-order valence-corrected chi connectivity index (χ2v) is 17.1. The van der Waals surface area contributed by atoms with Gasteiger partial charge in [-0.1, -0.05) is 0 Å². The van der Waals surface area contributed by atoms with Crippen LogP contribution in [0.3, 0.4) is 0 Å². The van der Waals surface area contributed by atoms with Gasteiger partial charge in [0.2, 0.25) is 5.82 Å². The SMILES string of the molecule is Cc1ncc(-c2ccc3c(n2)N(C(=O)Nc2cnccn2)[C@H]2CCN3C2)o1.Cc1ncc(B2OC(C)(C)C(C)(C)O2)o1.O=C(Nc1cnccn1)[n+]1c(Cl)ccc2c1N[C@H]1CCN2C1. The quantitative estimate of drug-likeness (QED) is 0.117. The molecule has 0 radical (unpaired) electrons. The van der Waals surface area contributed by atoms with E-state index in [0.717, 1.165) is 56.2 Å². The first-order valence-electron chi connectivity index (χ1n) is 20.9. The van der Waals surface area contributed by atoms with Crippen LogP contribution in [-0.2, 0) is 9.31 Å². The van der Waals surface area contributed by atoms with Gasteiger partial charge >= 0.3 is 19.2 Å². The van der Waals surface area contributed by atoms with Crippen LogP contribution in [0, 0.1) is 13.8 Å². The number of fused-ring (bicyclic) bond motifs is 8. The van der Waals surface area contributed by atoms with Gasteiger partial charge < -0.3 is 27.9 Å². The topological polar surface area (TPSA) is 219 Å². The zero-order valence-electron chi connectivity index (χ0n) is 36.1. The molecule has 11 heterocycles. The summed E-state index contributed by atoms with van der Waals surface area (Å²) < 4.78 is 24.0. The number of carbonyl (C=O) groups excluding carboxylic acids is 2. The van der Waals surface area contributed by atoms with Crippen LogP contribution < -0.4 is 40.9 Å². The molecule has 330 valence electrons. The number of hydrogen-bond donors (Lipinski definition) is 3. The van der Waals surface area contributed by atoms with Gasteiger partial charge in [-0.3, -0.25) is 25.5 Å². The minimum absolute atomic E-state index is 0.0633. The van der Waals surface area contributed by atoms with Gasteiger partial charge in [-0.2, -0.15) is 4.57 Å². The Balaban J connectivity index is 0.000000127. The van der Waals surface area contributed by atoms with Gasteiger partial charge in [-0.25, -0.2) is 39.8 Å². The van der Waals surface area contributed by atoms with Crippen molar-refractivity contribution in [2.45, 2.75) is 77.7 Å². The third-order valence-corrected chi connectivity index (χ3v) is 12.2. The van der Waals surface area contributed by atoms with Crippen LogP contribution in [0.15, 0.2) is 82.7 Å². The monoisotopic (exact) mass is 889 g/mol. The summed E-state index contributed by atoms with van der Waals surface area (Å²) in [5, 5.41) is 9.27. The second kappa shape index (κ2) is 17.1. The molecular formula is C42H47BClN14O6+. The number of nitrogens with one attached hydrogen (secondary N) is 3. The summed E-state index contributed by atoms with van der Waals surface area (Å²) in [6.07, 6.45) is 14.4. The van der Waals surface area contributed by atoms with Crippen LogP contribution in [0.2, 0.25) is 5.15 Å². The number of amides is 3. The Morgan fingerprint density at radius 1 is 0.797 bits per heavy atom. The predicted molar refractivity (Wildman–Crippen MR) is 238 cm³/mol. The number of aromatic nitrogens is 8. The van der Waals surface area contributed by atoms with E-state index < -0.39 is 7.12 Å². The zero-order chi connectivity index (χ0) is 44.8. The Morgan fingerprint density at radius 3 is 2.11 bits per heavy atom. The molecule has 0 spiro atoms. The molecule has 22 heteroatoms. The van der Waals surface area contributed by atoms with Gasteiger partial charge in [0.15, 0.2) is 40.0 Å². The van der Waals surface area contributed by atoms with Gasteiger partial charge in [0.25, 0.3) is 5.82 Å². The molecule has 3 amide bonds. The van der Waals surface area contributed by atoms with E-state index in [4.69, 9.17) is 34.7 Å². The fourth-order valence-corrected chi connectivity index (χ4v) is 8.23. The lowest BCUT2D eigenvalue weighted by atomic mass is 9.87. The summed E-state index contributed by atoms with van der Waals surface area (Å²) >= 11 is 6.25. The fourth-order valence-electron chi connectivity index (χ4n) is 8.00. The van der Waals surface area contributed by atoms with Crippen LogP contribution in [0.4, 0.5) is 44.2 Å². The van der Waals surface area contributed by atoms with Crippen molar-refractivity contribution in [3.63, 3.8) is 0 Å². The maximum atomic E-state index is 13.0. The molecule has 5 aliphatic rings. The van der Waals surface area contributed by atoms with Crippen LogP contribution in [0.5, 0.6) is 0 Å². The number of hydrogen-bond acceptors (Lipinski definition) is 16. The average Bonchev–Trinajstić information content (AvgIpc) is 4.12. The molecule has 6 aromatic rings. The van der Waals surface area contributed by atoms with Crippen LogP contribution in [0.25, 0.3) is 11.5 Å². The number of urea groups is 1. The highest BCUT2D eigenvalue weighted by atomic mass is 35.5. The summed E-state index contributed by atoms with van der Waals surface area (Å²) in [6.45, 7) is 15.3. The number of aryl methyl sites for hydroxylation is 2. The van der Waals surface area contributed by atoms with Crippen molar-refractivity contribution in [2.75, 3.05) is 56.8 Å². The number of halogens is 1. The van der Waals surface area contributed by atoms with Gasteiger partial charge in [0.05, 0.1) is 60.3 Å². The molecule has 3 N–H and O–H groups in total. The van der Waals surface area contributed by atoms with Crippen LogP contribution >= 0.6 is 11.6 Å². The first kappa shape index (κ1) is 42.6. The van der Waals surface area contributed by atoms with Crippen molar-refractivity contribution in [1.82, 2.24) is 34.9 Å². The fraction of sp³-hybridized carbons (Fsp3) is 0.381. The van der Waals surface area contributed by atoms with E-state index in [9.17, 15) is 9.59 Å². The van der Waals surface area contributed by atoms with Crippen LogP contribution in [0.1, 0.15) is 52.3 Å². The summed E-state index contributed by atoms with van der Waals surface area (Å²) in [5.74, 6) is 3.92. The van der Waals surface area contributed by atoms with E-state index in [1.54, 1.807) is 55.8 Å². The van der Waals surface area contributed by atoms with Gasteiger partial charge in [0.1, 0.15) is 11.4 Å². The number of nitrogens with zero attached hydrogens (tertiary/aromatic N) is 11. The maximum absolute atomic E-state index is 13.0. The second-order valence-electron chi connectivity index (χ2n) is 16.8. The molecule has 64 heavy (non-hydrogen) atoms. The highest BCUT2D eigenvalue weighted by Gasteiger charge is 2.53. The molecule has 20 nitrogen and oxygen atoms in total. The summed E-state index contributed by atoms with van der Waals surface area (Å²) in [5.41, 5.74) is 2.54. The first-order chi connectivity index (χ1) is 30.7. The van der Waals surface area contributed by atoms with Crippen molar-refractivity contribution < 1.29 is 32.3 Å². The Kier molecular flexibility index (Phi) is 11.4. The third-order valence-electron chi connectivity index (χ3n) is 11.9. The van der Waals surface area contributed by atoms with Gasteiger partial charge in [-0.05, 0) is 76.4 Å². The Bertz CT molecular complexity index is 2650. The van der Waals surface area contributed by atoms with Gasteiger partial charge in [-0.15, -0.1) is 0 Å². The molecule has 11 rings (SSSR count). The smallest absolute Gasteiger partial charge is 0.450 e. The molecule has 0 aromatic carbocycles. The zero-order valence-corrected chi connectivity index (χ0v) is 36.9. The Labute approximate surface area is 373 Å². The lowest BCUT2D eigenvalue weighted by molar-refractivity contribution is -0.549. The normalized spacial score (nSPS) is 19.4. The maximum Gasteiger partial charge on any atom is 0.534 e. The van der Waals surface area contributed by atoms with Crippen molar-refractivity contribution in [3.05, 3.63) is 90.8 Å². The summed E-state index contributed by atoms with van der Waals surface area (Å²) in [6, 6.07) is 7.35. The van der Waals surface area contributed by atoms with E-state index in [-0.39, 0.29) is 29.3 Å². The molecule has 0 aliphatic carbocycles. The number of oxazole rings is 2. The highest BCUT2D eigenvalue weighted by molar-refractivity contribution is 6.60. The van der Waals surface area contributed by atoms with Crippen molar-refractivity contribution in [2.24, 2.45) is 0 Å². The van der Waals surface area contributed by atoms with E-state index in [2.05, 4.69) is 55.7 Å². The molecule has 5 aliphatic heterocycles.